The van der Waals surface area contributed by atoms with Gasteiger partial charge in [-0.05, 0) is 23.3 Å². The molecule has 0 unspecified atom stereocenters. The molecule has 0 aliphatic carbocycles. The second kappa shape index (κ2) is 8.72. The van der Waals surface area contributed by atoms with Gasteiger partial charge in [0, 0.05) is 17.1 Å². The summed E-state index contributed by atoms with van der Waals surface area (Å²) in [5, 5.41) is 21.6. The summed E-state index contributed by atoms with van der Waals surface area (Å²) in [6.07, 6.45) is -0.865. The molecule has 0 aliphatic heterocycles. The smallest absolute Gasteiger partial charge is 0.269 e. The molecule has 0 aliphatic rings. The molecule has 0 heterocycles. The van der Waals surface area contributed by atoms with Crippen LogP contribution in [-0.2, 0) is 27.4 Å². The Balaban J connectivity index is 0.00000243. The summed E-state index contributed by atoms with van der Waals surface area (Å²) in [5.41, 5.74) is 0.552. The molecule has 26 heavy (non-hydrogen) atoms. The predicted octanol–water partition coefficient (Wildman–Crippen LogP) is 4.71. The Hall–Kier alpha value is -2.52. The van der Waals surface area contributed by atoms with Crippen LogP contribution in [0.3, 0.4) is 0 Å². The topological polar surface area (TPSA) is 49.7 Å². The Morgan fingerprint density at radius 3 is 1.54 bits per heavy atom. The van der Waals surface area contributed by atoms with E-state index in [0.29, 0.717) is 11.1 Å². The SMILES string of the molecule is C=C(O)O[C@@H](c1ccccc1)C(O)(c1ccccc1)c1ccccc1.[Mn]. The zero-order valence-electron chi connectivity index (χ0n) is 14.1. The first-order valence-corrected chi connectivity index (χ1v) is 8.05. The number of hydrogen-bond acceptors (Lipinski definition) is 3. The Labute approximate surface area is 164 Å². The normalized spacial score (nSPS) is 11.9. The van der Waals surface area contributed by atoms with Crippen LogP contribution in [0.2, 0.25) is 0 Å². The van der Waals surface area contributed by atoms with Gasteiger partial charge in [-0.25, -0.2) is 0 Å². The van der Waals surface area contributed by atoms with E-state index in [4.69, 9.17) is 4.74 Å². The number of rotatable bonds is 6. The van der Waals surface area contributed by atoms with Gasteiger partial charge in [0.15, 0.2) is 11.7 Å². The van der Waals surface area contributed by atoms with Gasteiger partial charge in [-0.2, -0.15) is 0 Å². The molecule has 133 valence electrons. The van der Waals surface area contributed by atoms with Crippen molar-refractivity contribution >= 4 is 0 Å². The van der Waals surface area contributed by atoms with Crippen LogP contribution in [0.15, 0.2) is 104 Å². The third-order valence-corrected chi connectivity index (χ3v) is 4.16. The van der Waals surface area contributed by atoms with E-state index in [2.05, 4.69) is 6.58 Å². The van der Waals surface area contributed by atoms with Crippen molar-refractivity contribution in [2.45, 2.75) is 11.7 Å². The molecular formula is C22H20MnO3. The monoisotopic (exact) mass is 387 g/mol. The zero-order valence-corrected chi connectivity index (χ0v) is 15.3. The second-order valence-corrected chi connectivity index (χ2v) is 5.80. The second-order valence-electron chi connectivity index (χ2n) is 5.80. The Kier molecular flexibility index (Phi) is 6.64. The third-order valence-electron chi connectivity index (χ3n) is 4.16. The van der Waals surface area contributed by atoms with Gasteiger partial charge in [0.05, 0.1) is 0 Å². The number of benzene rings is 3. The summed E-state index contributed by atoms with van der Waals surface area (Å²) in [6.45, 7) is 3.44. The van der Waals surface area contributed by atoms with Crippen molar-refractivity contribution in [1.29, 1.82) is 0 Å². The van der Waals surface area contributed by atoms with Crippen LogP contribution < -0.4 is 0 Å². The average Bonchev–Trinajstić information content (AvgIpc) is 2.67. The Morgan fingerprint density at radius 2 is 1.15 bits per heavy atom. The Morgan fingerprint density at radius 1 is 0.769 bits per heavy atom. The van der Waals surface area contributed by atoms with E-state index in [1.807, 2.05) is 91.0 Å². The summed E-state index contributed by atoms with van der Waals surface area (Å²) >= 11 is 0. The average molecular weight is 387 g/mol. The first kappa shape index (κ1) is 19.8. The van der Waals surface area contributed by atoms with E-state index in [1.165, 1.54) is 0 Å². The van der Waals surface area contributed by atoms with Gasteiger partial charge < -0.3 is 14.9 Å². The van der Waals surface area contributed by atoms with Crippen molar-refractivity contribution in [1.82, 2.24) is 0 Å². The molecule has 3 aromatic carbocycles. The van der Waals surface area contributed by atoms with Crippen molar-refractivity contribution in [2.24, 2.45) is 0 Å². The van der Waals surface area contributed by atoms with Gasteiger partial charge in [-0.1, -0.05) is 91.0 Å². The van der Waals surface area contributed by atoms with E-state index in [1.54, 1.807) is 0 Å². The molecule has 3 nitrogen and oxygen atoms in total. The molecule has 0 bridgehead atoms. The van der Waals surface area contributed by atoms with Gasteiger partial charge in [0.25, 0.3) is 5.95 Å². The molecule has 0 saturated carbocycles. The van der Waals surface area contributed by atoms with E-state index in [0.717, 1.165) is 5.56 Å². The molecule has 0 fully saturated rings. The van der Waals surface area contributed by atoms with E-state index in [-0.39, 0.29) is 17.1 Å². The van der Waals surface area contributed by atoms with Crippen molar-refractivity contribution in [3.8, 4) is 0 Å². The van der Waals surface area contributed by atoms with Crippen molar-refractivity contribution in [3.05, 3.63) is 120 Å². The van der Waals surface area contributed by atoms with Gasteiger partial charge >= 0.3 is 0 Å². The maximum absolute atomic E-state index is 11.8. The minimum absolute atomic E-state index is 0. The van der Waals surface area contributed by atoms with Crippen LogP contribution >= 0.6 is 0 Å². The van der Waals surface area contributed by atoms with Crippen molar-refractivity contribution in [2.75, 3.05) is 0 Å². The fourth-order valence-electron chi connectivity index (χ4n) is 3.01. The molecule has 3 rings (SSSR count). The molecule has 0 amide bonds. The summed E-state index contributed by atoms with van der Waals surface area (Å²) in [5.74, 6) is -0.445. The standard InChI is InChI=1S/C22H20O3.Mn/c1-17(23)25-21(18-11-5-2-6-12-18)22(24,19-13-7-3-8-14-19)20-15-9-4-10-16-20;/h2-16,21,23-24H,1H2;/t21-;/m0./s1. The molecule has 3 aromatic rings. The van der Waals surface area contributed by atoms with Crippen LogP contribution in [0.4, 0.5) is 0 Å². The molecule has 1 atom stereocenters. The Bertz CT molecular complexity index is 780. The molecular weight excluding hydrogens is 367 g/mol. The first-order chi connectivity index (χ1) is 12.1. The number of aliphatic hydroxyl groups excluding tert-OH is 1. The summed E-state index contributed by atoms with van der Waals surface area (Å²) < 4.78 is 5.62. The molecule has 0 saturated heterocycles. The first-order valence-electron chi connectivity index (χ1n) is 8.05. The van der Waals surface area contributed by atoms with E-state index < -0.39 is 17.7 Å². The van der Waals surface area contributed by atoms with Crippen molar-refractivity contribution < 1.29 is 32.0 Å². The fourth-order valence-corrected chi connectivity index (χ4v) is 3.01. The van der Waals surface area contributed by atoms with Crippen LogP contribution in [0.25, 0.3) is 0 Å². The van der Waals surface area contributed by atoms with Gasteiger partial charge in [0.2, 0.25) is 0 Å². The zero-order chi connectivity index (χ0) is 17.7. The number of ether oxygens (including phenoxy) is 1. The molecule has 1 radical (unpaired) electrons. The van der Waals surface area contributed by atoms with Crippen LogP contribution in [0.5, 0.6) is 0 Å². The predicted molar refractivity (Wildman–Crippen MR) is 97.9 cm³/mol. The molecule has 4 heteroatoms. The molecule has 0 spiro atoms. The maximum Gasteiger partial charge on any atom is 0.269 e. The van der Waals surface area contributed by atoms with Crippen LogP contribution in [0.1, 0.15) is 22.8 Å². The van der Waals surface area contributed by atoms with Gasteiger partial charge in [-0.3, -0.25) is 0 Å². The van der Waals surface area contributed by atoms with E-state index in [9.17, 15) is 10.2 Å². The number of hydrogen-bond donors (Lipinski definition) is 2. The largest absolute Gasteiger partial charge is 0.481 e. The van der Waals surface area contributed by atoms with Gasteiger partial charge in [-0.15, -0.1) is 0 Å². The quantitative estimate of drug-likeness (QED) is 0.476. The fraction of sp³-hybridized carbons (Fsp3) is 0.0909. The number of aliphatic hydroxyl groups is 2. The summed E-state index contributed by atoms with van der Waals surface area (Å²) in [7, 11) is 0. The summed E-state index contributed by atoms with van der Waals surface area (Å²) in [6, 6.07) is 27.9. The maximum atomic E-state index is 11.8. The molecule has 2 N–H and O–H groups in total. The van der Waals surface area contributed by atoms with Crippen molar-refractivity contribution in [3.63, 3.8) is 0 Å². The summed E-state index contributed by atoms with van der Waals surface area (Å²) in [4.78, 5) is 0. The van der Waals surface area contributed by atoms with Crippen LogP contribution in [0, 0.1) is 0 Å². The minimum atomic E-state index is -1.50. The molecule has 0 aromatic heterocycles. The van der Waals surface area contributed by atoms with Crippen LogP contribution in [-0.4, -0.2) is 10.2 Å². The van der Waals surface area contributed by atoms with E-state index >= 15 is 0 Å². The third kappa shape index (κ3) is 4.00. The van der Waals surface area contributed by atoms with Gasteiger partial charge in [0.1, 0.15) is 0 Å². The minimum Gasteiger partial charge on any atom is -0.481 e.